The van der Waals surface area contributed by atoms with Crippen molar-refractivity contribution in [2.24, 2.45) is 13.0 Å². The number of nitrogens with zero attached hydrogens (tertiary/aromatic N) is 7. The van der Waals surface area contributed by atoms with E-state index in [1.165, 1.54) is 29.2 Å². The number of carboxylic acid groups (broad SMARTS) is 1. The lowest BCUT2D eigenvalue weighted by atomic mass is 9.88. The van der Waals surface area contributed by atoms with Gasteiger partial charge in [0.25, 0.3) is 0 Å². The summed E-state index contributed by atoms with van der Waals surface area (Å²) in [6, 6.07) is 3.78. The lowest BCUT2D eigenvalue weighted by Gasteiger charge is -2.32. The number of aromatic carboxylic acids is 1. The highest BCUT2D eigenvalue weighted by molar-refractivity contribution is 6.11. The van der Waals surface area contributed by atoms with Gasteiger partial charge in [-0.25, -0.2) is 13.9 Å². The van der Waals surface area contributed by atoms with E-state index in [1.54, 1.807) is 17.7 Å². The molecule has 6 rings (SSSR count). The van der Waals surface area contributed by atoms with Crippen LogP contribution >= 0.6 is 0 Å². The third-order valence-electron chi connectivity index (χ3n) is 6.71. The number of fused-ring (bicyclic) bond motifs is 3. The largest absolute Gasteiger partial charge is 0.476 e. The zero-order valence-corrected chi connectivity index (χ0v) is 19.1. The van der Waals surface area contributed by atoms with Gasteiger partial charge in [-0.2, -0.15) is 5.10 Å². The molecule has 0 amide bonds. The molecule has 12 heteroatoms. The first kappa shape index (κ1) is 19.1. The van der Waals surface area contributed by atoms with Gasteiger partial charge in [-0.3, -0.25) is 15.1 Å². The second-order valence-electron chi connectivity index (χ2n) is 8.74. The molecule has 0 aliphatic carbocycles. The van der Waals surface area contributed by atoms with Crippen LogP contribution in [0.1, 0.15) is 44.9 Å². The summed E-state index contributed by atoms with van der Waals surface area (Å²) in [7, 11) is 1.58. The number of rotatable bonds is 5. The first-order chi connectivity index (χ1) is 18.7. The van der Waals surface area contributed by atoms with Crippen molar-refractivity contribution in [2.75, 3.05) is 13.2 Å². The Morgan fingerprint density at radius 3 is 2.94 bits per heavy atom. The Morgan fingerprint density at radius 1 is 1.36 bits per heavy atom. The normalized spacial score (nSPS) is 17.2. The van der Waals surface area contributed by atoms with Crippen LogP contribution in [-0.4, -0.2) is 64.0 Å². The summed E-state index contributed by atoms with van der Waals surface area (Å²) in [5.41, 5.74) is 1.80. The van der Waals surface area contributed by atoms with E-state index in [4.69, 9.17) is 8.85 Å². The van der Waals surface area contributed by atoms with Crippen LogP contribution in [0.2, 0.25) is 0 Å². The van der Waals surface area contributed by atoms with Crippen LogP contribution in [0, 0.1) is 18.6 Å². The second-order valence-corrected chi connectivity index (χ2v) is 8.74. The highest BCUT2D eigenvalue weighted by Gasteiger charge is 2.35. The van der Waals surface area contributed by atoms with Crippen molar-refractivity contribution in [1.82, 2.24) is 39.7 Å². The van der Waals surface area contributed by atoms with Gasteiger partial charge in [0.05, 0.1) is 28.6 Å². The number of aromatic nitrogens is 8. The number of ether oxygens (including phenoxy) is 1. The van der Waals surface area contributed by atoms with E-state index < -0.39 is 24.7 Å². The molecule has 0 bridgehead atoms. The Kier molecular flexibility index (Phi) is 4.49. The molecule has 1 saturated heterocycles. The summed E-state index contributed by atoms with van der Waals surface area (Å²) in [6.07, 6.45) is 4.15. The minimum Gasteiger partial charge on any atom is -0.476 e. The molecule has 0 spiro atoms. The van der Waals surface area contributed by atoms with Crippen molar-refractivity contribution >= 4 is 28.0 Å². The number of H-pyrrole nitrogens is 1. The summed E-state index contributed by atoms with van der Waals surface area (Å²) in [5, 5.41) is 24.6. The van der Waals surface area contributed by atoms with E-state index in [0.717, 1.165) is 0 Å². The maximum atomic E-state index is 15.4. The average molecular weight is 494 g/mol. The summed E-state index contributed by atoms with van der Waals surface area (Å²) in [4.78, 5) is 21.2. The van der Waals surface area contributed by atoms with Crippen molar-refractivity contribution < 1.29 is 23.1 Å². The fraction of sp³-hybridized carbons (Fsp3) is 0.333. The highest BCUT2D eigenvalue weighted by atomic mass is 19.1. The Balaban J connectivity index is 1.70. The van der Waals surface area contributed by atoms with Crippen LogP contribution in [0.4, 0.5) is 4.39 Å². The van der Waals surface area contributed by atoms with E-state index in [-0.39, 0.29) is 34.2 Å². The molecule has 2 N–H and O–H groups in total. The molecule has 5 aromatic rings. The summed E-state index contributed by atoms with van der Waals surface area (Å²) in [6.45, 7) is -1.61. The number of hydrogen-bond acceptors (Lipinski definition) is 7. The van der Waals surface area contributed by atoms with Crippen LogP contribution in [0.15, 0.2) is 30.6 Å². The number of carbonyl (C=O) groups is 1. The molecule has 0 saturated carbocycles. The molecule has 1 aliphatic rings. The van der Waals surface area contributed by atoms with Crippen LogP contribution in [0.3, 0.4) is 0 Å². The first-order valence-corrected chi connectivity index (χ1v) is 11.4. The van der Waals surface area contributed by atoms with Gasteiger partial charge in [0.1, 0.15) is 22.4 Å². The third kappa shape index (κ3) is 3.36. The molecular weight excluding hydrogens is 467 g/mol. The Morgan fingerprint density at radius 2 is 2.19 bits per heavy atom. The maximum absolute atomic E-state index is 15.4. The Bertz CT molecular complexity index is 1720. The smallest absolute Gasteiger partial charge is 0.358 e. The number of aryl methyl sites for hydroxylation is 2. The molecule has 11 nitrogen and oxygen atoms in total. The van der Waals surface area contributed by atoms with E-state index in [9.17, 15) is 9.90 Å². The number of nitrogens with one attached hydrogen (secondary N) is 1. The van der Waals surface area contributed by atoms with Gasteiger partial charge in [0.2, 0.25) is 0 Å². The van der Waals surface area contributed by atoms with Crippen LogP contribution in [-0.2, 0) is 11.8 Å². The van der Waals surface area contributed by atoms with Gasteiger partial charge in [-0.15, -0.1) is 5.10 Å². The number of hydrogen-bond donors (Lipinski definition) is 2. The van der Waals surface area contributed by atoms with Gasteiger partial charge >= 0.3 is 5.97 Å². The first-order valence-electron chi connectivity index (χ1n) is 12.9. The minimum atomic E-state index is -2.53. The molecule has 1 aliphatic heterocycles. The SMILES string of the molecule is [2H]C([2H])([2H])c1nnn(C)c1-c1cnc2c3[nH]nc(C(=O)O)c3n(C(c3ncccc3F)C3CCOCC3)c2c1. The second kappa shape index (κ2) is 8.48. The monoisotopic (exact) mass is 493 g/mol. The predicted octanol–water partition coefficient (Wildman–Crippen LogP) is 3.26. The molecule has 5 aromatic heterocycles. The van der Waals surface area contributed by atoms with Crippen molar-refractivity contribution in [1.29, 1.82) is 0 Å². The molecule has 36 heavy (non-hydrogen) atoms. The molecule has 1 fully saturated rings. The van der Waals surface area contributed by atoms with Gasteiger partial charge in [0.15, 0.2) is 5.69 Å². The van der Waals surface area contributed by atoms with E-state index in [2.05, 4.69) is 30.5 Å². The van der Waals surface area contributed by atoms with Gasteiger partial charge in [-0.1, -0.05) is 5.21 Å². The van der Waals surface area contributed by atoms with E-state index >= 15 is 4.39 Å². The lowest BCUT2D eigenvalue weighted by Crippen LogP contribution is -2.28. The molecular formula is C24H23FN8O3. The quantitative estimate of drug-likeness (QED) is 0.381. The van der Waals surface area contributed by atoms with Crippen LogP contribution < -0.4 is 0 Å². The summed E-state index contributed by atoms with van der Waals surface area (Å²) >= 11 is 0. The minimum absolute atomic E-state index is 0.150. The zero-order valence-electron chi connectivity index (χ0n) is 22.1. The number of aromatic amines is 1. The molecule has 0 aromatic carbocycles. The highest BCUT2D eigenvalue weighted by Crippen LogP contribution is 2.41. The van der Waals surface area contributed by atoms with Gasteiger partial charge < -0.3 is 14.4 Å². The van der Waals surface area contributed by atoms with Gasteiger partial charge in [-0.05, 0) is 43.8 Å². The summed E-state index contributed by atoms with van der Waals surface area (Å²) in [5.74, 6) is -1.95. The predicted molar refractivity (Wildman–Crippen MR) is 127 cm³/mol. The van der Waals surface area contributed by atoms with E-state index in [1.807, 2.05) is 0 Å². The van der Waals surface area contributed by atoms with Crippen molar-refractivity contribution in [3.8, 4) is 11.3 Å². The zero-order chi connectivity index (χ0) is 27.5. The Hall–Kier alpha value is -4.19. The topological polar surface area (TPSA) is 137 Å². The maximum Gasteiger partial charge on any atom is 0.358 e. The number of halogens is 1. The fourth-order valence-electron chi connectivity index (χ4n) is 5.14. The lowest BCUT2D eigenvalue weighted by molar-refractivity contribution is 0.0541. The third-order valence-corrected chi connectivity index (χ3v) is 6.71. The molecule has 0 radical (unpaired) electrons. The van der Waals surface area contributed by atoms with E-state index in [0.29, 0.717) is 48.2 Å². The summed E-state index contributed by atoms with van der Waals surface area (Å²) < 4.78 is 47.7. The van der Waals surface area contributed by atoms with Crippen molar-refractivity contribution in [3.63, 3.8) is 0 Å². The van der Waals surface area contributed by atoms with Crippen molar-refractivity contribution in [2.45, 2.75) is 25.7 Å². The van der Waals surface area contributed by atoms with Gasteiger partial charge in [0, 0.05) is 42.3 Å². The Labute approximate surface area is 208 Å². The van der Waals surface area contributed by atoms with Crippen LogP contribution in [0.25, 0.3) is 33.3 Å². The molecule has 6 heterocycles. The fourth-order valence-corrected chi connectivity index (χ4v) is 5.14. The number of carboxylic acids is 1. The average Bonchev–Trinajstić information content (AvgIpc) is 3.59. The molecule has 1 unspecified atom stereocenters. The number of pyridine rings is 2. The molecule has 1 atom stereocenters. The van der Waals surface area contributed by atoms with Crippen molar-refractivity contribution in [3.05, 3.63) is 53.5 Å². The molecule has 184 valence electrons. The standard InChI is InChI=1S/C24H23FN8O3/c1-12-21(32(2)31-28-12)14-10-16-18(27-11-14)19-23(20(24(34)35)30-29-19)33(16)22(13-5-8-36-9-6-13)17-15(25)4-3-7-26-17/h3-4,7,10-11,13,22H,5-6,8-9H2,1-2H3,(H,29,30)(H,34,35)/i1D3. The van der Waals surface area contributed by atoms with Crippen LogP contribution in [0.5, 0.6) is 0 Å².